The van der Waals surface area contributed by atoms with Crippen LogP contribution in [-0.2, 0) is 33.0 Å². The highest BCUT2D eigenvalue weighted by atomic mass is 127. The van der Waals surface area contributed by atoms with Crippen molar-refractivity contribution in [2.45, 2.75) is 39.0 Å². The van der Waals surface area contributed by atoms with Crippen molar-refractivity contribution < 1.29 is 23.7 Å². The Bertz CT molecular complexity index is 3660. The average Bonchev–Trinajstić information content (AvgIpc) is 3.48. The largest absolute Gasteiger partial charge is 0.489 e. The van der Waals surface area contributed by atoms with Crippen molar-refractivity contribution in [1.29, 1.82) is 0 Å². The van der Waals surface area contributed by atoms with Crippen molar-refractivity contribution in [2.75, 3.05) is 0 Å². The highest BCUT2D eigenvalue weighted by Gasteiger charge is 2.30. The van der Waals surface area contributed by atoms with Gasteiger partial charge in [-0.05, 0) is 184 Å². The zero-order valence-electron chi connectivity index (χ0n) is 46.1. The van der Waals surface area contributed by atoms with Gasteiger partial charge < -0.3 is 23.7 Å². The molecule has 0 bridgehead atoms. The van der Waals surface area contributed by atoms with E-state index in [9.17, 15) is 0 Å². The van der Waals surface area contributed by atoms with E-state index in [4.69, 9.17) is 23.7 Å². The van der Waals surface area contributed by atoms with Crippen LogP contribution in [0.2, 0.25) is 0 Å². The van der Waals surface area contributed by atoms with Gasteiger partial charge in [-0.15, -0.1) is 0 Å². The van der Waals surface area contributed by atoms with E-state index < -0.39 is 5.92 Å². The van der Waals surface area contributed by atoms with Gasteiger partial charge in [-0.25, -0.2) is 0 Å². The van der Waals surface area contributed by atoms with Gasteiger partial charge in [0.05, 0.1) is 3.57 Å². The van der Waals surface area contributed by atoms with E-state index in [2.05, 4.69) is 248 Å². The van der Waals surface area contributed by atoms with E-state index in [1.54, 1.807) is 0 Å². The van der Waals surface area contributed by atoms with Crippen LogP contribution in [0.4, 0.5) is 0 Å². The minimum Gasteiger partial charge on any atom is -0.489 e. The van der Waals surface area contributed by atoms with E-state index in [0.29, 0.717) is 44.5 Å². The number of benzene rings is 10. The number of rotatable bonds is 25. The fraction of sp³-hybridized carbons (Fsp3) is 0.0789. The lowest BCUT2D eigenvalue weighted by molar-refractivity contribution is 0.293. The molecule has 10 rings (SSSR count). The summed E-state index contributed by atoms with van der Waals surface area (Å²) in [4.78, 5) is 0. The molecule has 0 amide bonds. The lowest BCUT2D eigenvalue weighted by Gasteiger charge is -2.28. The van der Waals surface area contributed by atoms with Gasteiger partial charge >= 0.3 is 0 Å². The maximum absolute atomic E-state index is 7.11. The topological polar surface area (TPSA) is 46.2 Å². The summed E-state index contributed by atoms with van der Waals surface area (Å²) in [5, 5.41) is 0. The van der Waals surface area contributed by atoms with Crippen LogP contribution in [0, 0.1) is 7.14 Å². The molecule has 0 aliphatic heterocycles. The first-order valence-corrected chi connectivity index (χ1v) is 29.5. The Kier molecular flexibility index (Phi) is 19.3. The Morgan fingerprint density at radius 1 is 0.301 bits per heavy atom. The standard InChI is InChI=1S/C76H62I2O5/c1-6-52-11-21-57(22-12-52)47-79-67-37-31-62(32-38-67)64-35-41-73(81-49-59-25-15-54(8-3)16-26-59)69(43-64)75(71-45-66(77)46-72(78)76(71)83-51-61-29-19-56(10-5)20-30-61)70-44-65(36-42-74(70)82-50-60-27-17-55(9-4)18-28-60)63-33-39-68(40-34-63)80-48-58-23-13-53(7-2)14-24-58/h6-46,75H,1-5,47-51H2. The summed E-state index contributed by atoms with van der Waals surface area (Å²) in [7, 11) is 0. The SMILES string of the molecule is C=Cc1ccc(COc2ccc(-c3ccc(OCc4ccc(C=C)cc4)c(C(c4cc(-c5ccc(OCc6ccc(C=C)cc6)cc5)ccc4OCc4ccc(C=C)cc4)c4cc(I)cc(I)c4OCc4ccc(C=C)cc4)c3)cc2)cc1. The van der Waals surface area contributed by atoms with Crippen LogP contribution in [0.5, 0.6) is 28.7 Å². The Morgan fingerprint density at radius 2 is 0.602 bits per heavy atom. The number of hydrogen-bond acceptors (Lipinski definition) is 5. The Balaban J connectivity index is 1.12. The van der Waals surface area contributed by atoms with Crippen molar-refractivity contribution in [2.24, 2.45) is 0 Å². The Labute approximate surface area is 515 Å². The maximum Gasteiger partial charge on any atom is 0.137 e. The van der Waals surface area contributed by atoms with Crippen LogP contribution in [0.3, 0.4) is 0 Å². The second-order valence-electron chi connectivity index (χ2n) is 20.0. The van der Waals surface area contributed by atoms with Gasteiger partial charge in [0.2, 0.25) is 0 Å². The zero-order chi connectivity index (χ0) is 57.5. The fourth-order valence-corrected chi connectivity index (χ4v) is 11.7. The van der Waals surface area contributed by atoms with Crippen LogP contribution in [-0.4, -0.2) is 0 Å². The van der Waals surface area contributed by atoms with Crippen LogP contribution in [0.25, 0.3) is 52.6 Å². The van der Waals surface area contributed by atoms with E-state index in [-0.39, 0.29) is 0 Å². The third-order valence-electron chi connectivity index (χ3n) is 14.4. The first kappa shape index (κ1) is 57.6. The highest BCUT2D eigenvalue weighted by Crippen LogP contribution is 2.49. The summed E-state index contributed by atoms with van der Waals surface area (Å²) >= 11 is 4.86. The van der Waals surface area contributed by atoms with Gasteiger partial charge in [-0.2, -0.15) is 0 Å². The molecule has 83 heavy (non-hydrogen) atoms. The first-order chi connectivity index (χ1) is 40.6. The predicted octanol–water partition coefficient (Wildman–Crippen LogP) is 20.5. The highest BCUT2D eigenvalue weighted by molar-refractivity contribution is 14.1. The molecule has 0 aliphatic carbocycles. The lowest BCUT2D eigenvalue weighted by atomic mass is 9.81. The summed E-state index contributed by atoms with van der Waals surface area (Å²) in [5.41, 5.74) is 17.3. The van der Waals surface area contributed by atoms with Crippen molar-refractivity contribution in [3.05, 3.63) is 331 Å². The molecule has 10 aromatic carbocycles. The van der Waals surface area contributed by atoms with E-state index >= 15 is 0 Å². The minimum absolute atomic E-state index is 0.325. The summed E-state index contributed by atoms with van der Waals surface area (Å²) < 4.78 is 35.9. The second-order valence-corrected chi connectivity index (χ2v) is 22.4. The summed E-state index contributed by atoms with van der Waals surface area (Å²) in [6, 6.07) is 75.4. The predicted molar refractivity (Wildman–Crippen MR) is 361 cm³/mol. The summed E-state index contributed by atoms with van der Waals surface area (Å²) in [6.07, 6.45) is 9.24. The normalized spacial score (nSPS) is 10.9. The van der Waals surface area contributed by atoms with Crippen molar-refractivity contribution in [3.8, 4) is 51.0 Å². The van der Waals surface area contributed by atoms with Gasteiger partial charge in [0.15, 0.2) is 0 Å². The lowest BCUT2D eigenvalue weighted by Crippen LogP contribution is -2.13. The van der Waals surface area contributed by atoms with Crippen LogP contribution in [0.1, 0.15) is 78.2 Å². The van der Waals surface area contributed by atoms with Crippen LogP contribution >= 0.6 is 45.2 Å². The average molecular weight is 1310 g/mol. The molecule has 0 aliphatic rings. The number of ether oxygens (including phenoxy) is 5. The molecular weight excluding hydrogens is 1250 g/mol. The van der Waals surface area contributed by atoms with E-state index in [1.807, 2.05) is 78.9 Å². The Morgan fingerprint density at radius 3 is 0.928 bits per heavy atom. The molecule has 0 atom stereocenters. The van der Waals surface area contributed by atoms with Crippen molar-refractivity contribution in [1.82, 2.24) is 0 Å². The molecule has 10 aromatic rings. The maximum atomic E-state index is 7.11. The van der Waals surface area contributed by atoms with Gasteiger partial charge in [0, 0.05) is 26.2 Å². The molecule has 0 radical (unpaired) electrons. The molecule has 0 N–H and O–H groups in total. The smallest absolute Gasteiger partial charge is 0.137 e. The number of halogens is 2. The molecule has 0 heterocycles. The van der Waals surface area contributed by atoms with Crippen LogP contribution in [0.15, 0.2) is 251 Å². The third-order valence-corrected chi connectivity index (χ3v) is 15.8. The van der Waals surface area contributed by atoms with Gasteiger partial charge in [0.25, 0.3) is 0 Å². The minimum atomic E-state index is -0.516. The summed E-state index contributed by atoms with van der Waals surface area (Å²) in [5.74, 6) is 3.21. The molecule has 0 unspecified atom stereocenters. The van der Waals surface area contributed by atoms with E-state index in [0.717, 1.165) is 119 Å². The Hall–Kier alpha value is -8.64. The molecule has 5 nitrogen and oxygen atoms in total. The molecule has 0 saturated carbocycles. The van der Waals surface area contributed by atoms with Crippen molar-refractivity contribution >= 4 is 75.6 Å². The van der Waals surface area contributed by atoms with Gasteiger partial charge in [-0.1, -0.05) is 221 Å². The molecule has 0 spiro atoms. The molecule has 0 fully saturated rings. The quantitative estimate of drug-likeness (QED) is 0.0421. The molecule has 410 valence electrons. The molecule has 7 heteroatoms. The summed E-state index contributed by atoms with van der Waals surface area (Å²) in [6.45, 7) is 21.6. The third kappa shape index (κ3) is 14.9. The first-order valence-electron chi connectivity index (χ1n) is 27.3. The molecule has 0 saturated heterocycles. The monoisotopic (exact) mass is 1310 g/mol. The van der Waals surface area contributed by atoms with Crippen LogP contribution < -0.4 is 23.7 Å². The zero-order valence-corrected chi connectivity index (χ0v) is 50.4. The van der Waals surface area contributed by atoms with Gasteiger partial charge in [0.1, 0.15) is 61.8 Å². The second kappa shape index (κ2) is 27.9. The van der Waals surface area contributed by atoms with Crippen molar-refractivity contribution in [3.63, 3.8) is 0 Å². The molecule has 0 aromatic heterocycles. The van der Waals surface area contributed by atoms with Gasteiger partial charge in [-0.3, -0.25) is 0 Å². The number of hydrogen-bond donors (Lipinski definition) is 0. The fourth-order valence-electron chi connectivity index (χ4n) is 9.67. The van der Waals surface area contributed by atoms with E-state index in [1.165, 1.54) is 0 Å². The molecular formula is C76H62I2O5.